The Morgan fingerprint density at radius 2 is 1.90 bits per heavy atom. The molecule has 2 aliphatic heterocycles. The fraction of sp³-hybridized carbons (Fsp3) is 0.478. The number of rotatable bonds is 4. The standard InChI is InChI=1S/C23H27ClN4OS/c1-16-19-14-21(22(29)27-12-8-18(9-13-27)26-10-4-5-11-26)30-23(19)28(25-16)15-17-6-2-3-7-20(17)24/h2-3,6-7,14,18H,4-5,8-13,15H2,1H3. The molecule has 2 fully saturated rings. The van der Waals surface area contributed by atoms with Crippen molar-refractivity contribution in [2.45, 2.75) is 45.2 Å². The van der Waals surface area contributed by atoms with Gasteiger partial charge < -0.3 is 9.80 Å². The molecule has 0 spiro atoms. The minimum absolute atomic E-state index is 0.166. The average molecular weight is 443 g/mol. The van der Waals surface area contributed by atoms with Gasteiger partial charge >= 0.3 is 0 Å². The van der Waals surface area contributed by atoms with Gasteiger partial charge in [0, 0.05) is 29.5 Å². The van der Waals surface area contributed by atoms with Gasteiger partial charge in [-0.3, -0.25) is 9.48 Å². The van der Waals surface area contributed by atoms with Gasteiger partial charge in [0.2, 0.25) is 0 Å². The number of aromatic nitrogens is 2. The second-order valence-electron chi connectivity index (χ2n) is 8.43. The van der Waals surface area contributed by atoms with E-state index in [-0.39, 0.29) is 5.91 Å². The number of halogens is 1. The van der Waals surface area contributed by atoms with E-state index < -0.39 is 0 Å². The predicted octanol–water partition coefficient (Wildman–Crippen LogP) is 4.81. The minimum atomic E-state index is 0.166. The Labute approximate surface area is 186 Å². The monoisotopic (exact) mass is 442 g/mol. The number of thiophene rings is 1. The Bertz CT molecular complexity index is 1060. The highest BCUT2D eigenvalue weighted by atomic mass is 35.5. The number of carbonyl (C=O) groups is 1. The van der Waals surface area contributed by atoms with E-state index in [9.17, 15) is 4.79 Å². The van der Waals surface area contributed by atoms with Crippen LogP contribution >= 0.6 is 22.9 Å². The fourth-order valence-corrected chi connectivity index (χ4v) is 6.13. The van der Waals surface area contributed by atoms with Crippen molar-refractivity contribution in [1.29, 1.82) is 0 Å². The van der Waals surface area contributed by atoms with E-state index in [4.69, 9.17) is 16.7 Å². The number of hydrogen-bond donors (Lipinski definition) is 0. The minimum Gasteiger partial charge on any atom is -0.338 e. The van der Waals surface area contributed by atoms with Crippen LogP contribution in [0.3, 0.4) is 0 Å². The number of hydrogen-bond acceptors (Lipinski definition) is 4. The maximum absolute atomic E-state index is 13.2. The molecule has 0 unspecified atom stereocenters. The average Bonchev–Trinajstić information content (AvgIpc) is 3.49. The van der Waals surface area contributed by atoms with Crippen LogP contribution in [0.15, 0.2) is 30.3 Å². The summed E-state index contributed by atoms with van der Waals surface area (Å²) < 4.78 is 1.98. The summed E-state index contributed by atoms with van der Waals surface area (Å²) in [6.07, 6.45) is 4.84. The van der Waals surface area contributed by atoms with Crippen LogP contribution in [0.2, 0.25) is 5.02 Å². The summed E-state index contributed by atoms with van der Waals surface area (Å²) in [4.78, 5) is 19.7. The van der Waals surface area contributed by atoms with E-state index in [1.807, 2.05) is 46.8 Å². The molecule has 158 valence electrons. The van der Waals surface area contributed by atoms with E-state index in [1.165, 1.54) is 25.9 Å². The Hall–Kier alpha value is -1.89. The summed E-state index contributed by atoms with van der Waals surface area (Å²) in [6, 6.07) is 10.5. The van der Waals surface area contributed by atoms with Gasteiger partial charge in [0.1, 0.15) is 4.83 Å². The molecule has 2 saturated heterocycles. The van der Waals surface area contributed by atoms with Crippen LogP contribution < -0.4 is 0 Å². The second kappa shape index (κ2) is 8.33. The first-order valence-corrected chi connectivity index (χ1v) is 12.0. The Morgan fingerprint density at radius 3 is 2.63 bits per heavy atom. The lowest BCUT2D eigenvalue weighted by Crippen LogP contribution is -2.45. The van der Waals surface area contributed by atoms with Crippen LogP contribution in [-0.4, -0.2) is 57.7 Å². The molecule has 1 aromatic carbocycles. The number of amides is 1. The maximum Gasteiger partial charge on any atom is 0.264 e. The van der Waals surface area contributed by atoms with Gasteiger partial charge in [0.25, 0.3) is 5.91 Å². The molecule has 4 heterocycles. The van der Waals surface area contributed by atoms with Crippen molar-refractivity contribution in [2.24, 2.45) is 0 Å². The zero-order valence-corrected chi connectivity index (χ0v) is 18.9. The first-order valence-electron chi connectivity index (χ1n) is 10.8. The number of nitrogens with zero attached hydrogens (tertiary/aromatic N) is 4. The predicted molar refractivity (Wildman–Crippen MR) is 123 cm³/mol. The molecule has 2 aliphatic rings. The van der Waals surface area contributed by atoms with Gasteiger partial charge in [-0.1, -0.05) is 29.8 Å². The van der Waals surface area contributed by atoms with Crippen molar-refractivity contribution in [3.63, 3.8) is 0 Å². The summed E-state index contributed by atoms with van der Waals surface area (Å²) in [7, 11) is 0. The van der Waals surface area contributed by atoms with Crippen LogP contribution in [-0.2, 0) is 6.54 Å². The van der Waals surface area contributed by atoms with E-state index >= 15 is 0 Å². The van der Waals surface area contributed by atoms with Gasteiger partial charge in [0.05, 0.1) is 17.1 Å². The third kappa shape index (κ3) is 3.77. The molecule has 0 radical (unpaired) electrons. The number of fused-ring (bicyclic) bond motifs is 1. The second-order valence-corrected chi connectivity index (χ2v) is 9.87. The van der Waals surface area contributed by atoms with Crippen molar-refractivity contribution in [3.8, 4) is 0 Å². The number of aryl methyl sites for hydroxylation is 1. The fourth-order valence-electron chi connectivity index (χ4n) is 4.81. The van der Waals surface area contributed by atoms with E-state index in [0.717, 1.165) is 57.3 Å². The molecule has 7 heteroatoms. The van der Waals surface area contributed by atoms with Gasteiger partial charge in [-0.15, -0.1) is 11.3 Å². The third-order valence-electron chi connectivity index (χ3n) is 6.50. The normalized spacial score (nSPS) is 18.5. The van der Waals surface area contributed by atoms with Crippen LogP contribution in [0, 0.1) is 6.92 Å². The maximum atomic E-state index is 13.2. The van der Waals surface area contributed by atoms with Crippen molar-refractivity contribution in [2.75, 3.05) is 26.2 Å². The van der Waals surface area contributed by atoms with Crippen molar-refractivity contribution >= 4 is 39.1 Å². The summed E-state index contributed by atoms with van der Waals surface area (Å²) >= 11 is 7.90. The Morgan fingerprint density at radius 1 is 1.17 bits per heavy atom. The van der Waals surface area contributed by atoms with Gasteiger partial charge in [0.15, 0.2) is 0 Å². The SMILES string of the molecule is Cc1nn(Cc2ccccc2Cl)c2sc(C(=O)N3CCC(N4CCCC4)CC3)cc12. The molecule has 0 bridgehead atoms. The molecule has 0 saturated carbocycles. The summed E-state index contributed by atoms with van der Waals surface area (Å²) in [5.41, 5.74) is 1.99. The largest absolute Gasteiger partial charge is 0.338 e. The van der Waals surface area contributed by atoms with Crippen LogP contribution in [0.1, 0.15) is 46.6 Å². The zero-order chi connectivity index (χ0) is 20.7. The number of likely N-dealkylation sites (tertiary alicyclic amines) is 2. The lowest BCUT2D eigenvalue weighted by Gasteiger charge is -2.36. The Kier molecular flexibility index (Phi) is 5.56. The van der Waals surface area contributed by atoms with Gasteiger partial charge in [-0.2, -0.15) is 5.10 Å². The first kappa shape index (κ1) is 20.0. The van der Waals surface area contributed by atoms with Crippen molar-refractivity contribution in [3.05, 3.63) is 51.5 Å². The molecule has 30 heavy (non-hydrogen) atoms. The molecule has 3 aromatic rings. The molecule has 2 aromatic heterocycles. The number of carbonyl (C=O) groups excluding carboxylic acids is 1. The van der Waals surface area contributed by atoms with E-state index in [2.05, 4.69) is 4.90 Å². The van der Waals surface area contributed by atoms with Crippen LogP contribution in [0.5, 0.6) is 0 Å². The Balaban J connectivity index is 1.33. The smallest absolute Gasteiger partial charge is 0.264 e. The highest BCUT2D eigenvalue weighted by molar-refractivity contribution is 7.20. The van der Waals surface area contributed by atoms with E-state index in [0.29, 0.717) is 12.6 Å². The van der Waals surface area contributed by atoms with Crippen molar-refractivity contribution < 1.29 is 4.79 Å². The van der Waals surface area contributed by atoms with Crippen LogP contribution in [0.4, 0.5) is 0 Å². The highest BCUT2D eigenvalue weighted by Gasteiger charge is 2.29. The summed E-state index contributed by atoms with van der Waals surface area (Å²) in [6.45, 7) is 6.80. The quantitative estimate of drug-likeness (QED) is 0.582. The topological polar surface area (TPSA) is 41.4 Å². The molecule has 5 nitrogen and oxygen atoms in total. The molecular weight excluding hydrogens is 416 g/mol. The van der Waals surface area contributed by atoms with Gasteiger partial charge in [-0.25, -0.2) is 0 Å². The molecular formula is C23H27ClN4OS. The lowest BCUT2D eigenvalue weighted by atomic mass is 10.0. The molecule has 0 aliphatic carbocycles. The molecule has 1 amide bonds. The zero-order valence-electron chi connectivity index (χ0n) is 17.3. The summed E-state index contributed by atoms with van der Waals surface area (Å²) in [5.74, 6) is 0.166. The summed E-state index contributed by atoms with van der Waals surface area (Å²) in [5, 5.41) is 6.51. The molecule has 0 N–H and O–H groups in total. The number of benzene rings is 1. The molecule has 0 atom stereocenters. The number of piperidine rings is 1. The first-order chi connectivity index (χ1) is 14.6. The highest BCUT2D eigenvalue weighted by Crippen LogP contribution is 2.31. The van der Waals surface area contributed by atoms with Crippen molar-refractivity contribution in [1.82, 2.24) is 19.6 Å². The lowest BCUT2D eigenvalue weighted by molar-refractivity contribution is 0.0649. The molecule has 5 rings (SSSR count). The van der Waals surface area contributed by atoms with Gasteiger partial charge in [-0.05, 0) is 63.4 Å². The van der Waals surface area contributed by atoms with E-state index in [1.54, 1.807) is 11.3 Å². The van der Waals surface area contributed by atoms with Crippen LogP contribution in [0.25, 0.3) is 10.2 Å². The third-order valence-corrected chi connectivity index (χ3v) is 8.01.